The normalized spacial score (nSPS) is 11.1. The Morgan fingerprint density at radius 2 is 1.71 bits per heavy atom. The van der Waals surface area contributed by atoms with E-state index < -0.39 is 0 Å². The van der Waals surface area contributed by atoms with Crippen LogP contribution in [0, 0.1) is 0 Å². The number of aromatic nitrogens is 5. The van der Waals surface area contributed by atoms with E-state index in [2.05, 4.69) is 30.5 Å². The van der Waals surface area contributed by atoms with E-state index >= 15 is 0 Å². The Bertz CT molecular complexity index is 1580. The molecule has 1 aromatic carbocycles. The van der Waals surface area contributed by atoms with E-state index in [1.54, 1.807) is 51.7 Å². The second kappa shape index (κ2) is 8.56. The molecule has 0 saturated carbocycles. The quantitative estimate of drug-likeness (QED) is 0.368. The van der Waals surface area contributed by atoms with Crippen LogP contribution in [0.1, 0.15) is 10.4 Å². The molecule has 0 saturated heterocycles. The van der Waals surface area contributed by atoms with Gasteiger partial charge in [-0.3, -0.25) is 14.9 Å². The van der Waals surface area contributed by atoms with Crippen LogP contribution in [-0.4, -0.2) is 75.1 Å². The summed E-state index contributed by atoms with van der Waals surface area (Å²) in [6.45, 7) is 0. The fraction of sp³-hybridized carbons (Fsp3) is 0.160. The zero-order valence-corrected chi connectivity index (χ0v) is 19.7. The number of anilines is 1. The van der Waals surface area contributed by atoms with E-state index in [4.69, 9.17) is 0 Å². The van der Waals surface area contributed by atoms with Crippen molar-refractivity contribution in [3.63, 3.8) is 0 Å². The molecule has 0 bridgehead atoms. The summed E-state index contributed by atoms with van der Waals surface area (Å²) in [6, 6.07) is 11.2. The van der Waals surface area contributed by atoms with E-state index in [1.807, 2.05) is 36.4 Å². The Morgan fingerprint density at radius 3 is 2.49 bits per heavy atom. The third kappa shape index (κ3) is 4.05. The van der Waals surface area contributed by atoms with Crippen molar-refractivity contribution < 1.29 is 9.59 Å². The van der Waals surface area contributed by atoms with Crippen molar-refractivity contribution in [3.8, 4) is 22.5 Å². The molecule has 0 unspecified atom stereocenters. The third-order valence-electron chi connectivity index (χ3n) is 5.71. The van der Waals surface area contributed by atoms with Crippen LogP contribution in [0.25, 0.3) is 44.5 Å². The first-order chi connectivity index (χ1) is 16.8. The Kier molecular flexibility index (Phi) is 5.40. The average Bonchev–Trinajstić information content (AvgIpc) is 3.47. The number of amides is 3. The maximum absolute atomic E-state index is 12.6. The van der Waals surface area contributed by atoms with E-state index in [-0.39, 0.29) is 11.9 Å². The number of hydrogen-bond donors (Lipinski definition) is 3. The molecular formula is C25H24N8O2. The number of carbonyl (C=O) groups excluding carboxylic acids is 2. The highest BCUT2D eigenvalue weighted by Gasteiger charge is 2.17. The summed E-state index contributed by atoms with van der Waals surface area (Å²) in [7, 11) is 6.82. The topological polar surface area (TPSA) is 123 Å². The summed E-state index contributed by atoms with van der Waals surface area (Å²) in [5, 5.41) is 11.9. The zero-order valence-electron chi connectivity index (χ0n) is 19.7. The molecular weight excluding hydrogens is 444 g/mol. The first-order valence-electron chi connectivity index (χ1n) is 10.9. The molecule has 0 aliphatic carbocycles. The van der Waals surface area contributed by atoms with Crippen LogP contribution in [0.15, 0.2) is 55.0 Å². The minimum absolute atomic E-state index is 0.0617. The number of aromatic amines is 2. The number of rotatable bonds is 4. The lowest BCUT2D eigenvalue weighted by Gasteiger charge is -2.12. The first kappa shape index (κ1) is 22.1. The highest BCUT2D eigenvalue weighted by molar-refractivity contribution is 6.08. The molecule has 0 aliphatic heterocycles. The smallest absolute Gasteiger partial charge is 0.321 e. The van der Waals surface area contributed by atoms with Crippen molar-refractivity contribution >= 4 is 39.6 Å². The number of nitrogens with zero attached hydrogens (tertiary/aromatic N) is 5. The number of H-pyrrole nitrogens is 2. The van der Waals surface area contributed by atoms with E-state index in [0.717, 1.165) is 38.8 Å². The molecule has 0 aliphatic rings. The zero-order chi connectivity index (χ0) is 24.7. The van der Waals surface area contributed by atoms with Crippen LogP contribution in [0.5, 0.6) is 0 Å². The molecule has 176 valence electrons. The second-order valence-electron chi connectivity index (χ2n) is 8.63. The predicted molar refractivity (Wildman–Crippen MR) is 135 cm³/mol. The summed E-state index contributed by atoms with van der Waals surface area (Å²) < 4.78 is 0. The molecule has 3 amide bonds. The standard InChI is InChI=1S/C25H24N8O2/c1-32(2)24(34)17-6-5-7-20-18(17)10-21(29-20)22-19-9-15(12-27-23(19)31-30-22)14-8-16(13-26-11-14)28-25(35)33(3)4/h5-13,29H,1-4H3,(H,28,35)(H,27,30,31). The summed E-state index contributed by atoms with van der Waals surface area (Å²) in [5.74, 6) is -0.0617. The van der Waals surface area contributed by atoms with Gasteiger partial charge in [-0.15, -0.1) is 0 Å². The number of fused-ring (bicyclic) bond motifs is 2. The van der Waals surface area contributed by atoms with Gasteiger partial charge in [0.25, 0.3) is 5.91 Å². The van der Waals surface area contributed by atoms with Crippen molar-refractivity contribution in [3.05, 3.63) is 60.6 Å². The first-order valence-corrected chi connectivity index (χ1v) is 10.9. The van der Waals surface area contributed by atoms with Crippen molar-refractivity contribution in [2.45, 2.75) is 0 Å². The average molecular weight is 469 g/mol. The van der Waals surface area contributed by atoms with Gasteiger partial charge in [-0.25, -0.2) is 9.78 Å². The molecule has 5 aromatic rings. The molecule has 4 heterocycles. The number of benzene rings is 1. The molecule has 10 nitrogen and oxygen atoms in total. The van der Waals surface area contributed by atoms with Gasteiger partial charge in [0.1, 0.15) is 0 Å². The molecule has 10 heteroatoms. The third-order valence-corrected chi connectivity index (χ3v) is 5.71. The van der Waals surface area contributed by atoms with Crippen LogP contribution in [0.4, 0.5) is 10.5 Å². The van der Waals surface area contributed by atoms with E-state index in [1.165, 1.54) is 4.90 Å². The lowest BCUT2D eigenvalue weighted by atomic mass is 10.1. The van der Waals surface area contributed by atoms with E-state index in [9.17, 15) is 9.59 Å². The van der Waals surface area contributed by atoms with Crippen LogP contribution >= 0.6 is 0 Å². The minimum atomic E-state index is -0.236. The van der Waals surface area contributed by atoms with Crippen molar-refractivity contribution in [1.29, 1.82) is 0 Å². The number of pyridine rings is 2. The van der Waals surface area contributed by atoms with Gasteiger partial charge in [0, 0.05) is 73.6 Å². The van der Waals surface area contributed by atoms with Gasteiger partial charge in [0.2, 0.25) is 0 Å². The van der Waals surface area contributed by atoms with Gasteiger partial charge in [-0.05, 0) is 30.3 Å². The van der Waals surface area contributed by atoms with Crippen molar-refractivity contribution in [2.75, 3.05) is 33.5 Å². The lowest BCUT2D eigenvalue weighted by molar-refractivity contribution is 0.0829. The highest BCUT2D eigenvalue weighted by atomic mass is 16.2. The fourth-order valence-electron chi connectivity index (χ4n) is 3.88. The van der Waals surface area contributed by atoms with Crippen LogP contribution in [-0.2, 0) is 0 Å². The summed E-state index contributed by atoms with van der Waals surface area (Å²) in [4.78, 5) is 39.8. The van der Waals surface area contributed by atoms with Gasteiger partial charge in [-0.1, -0.05) is 6.07 Å². The highest BCUT2D eigenvalue weighted by Crippen LogP contribution is 2.32. The number of urea groups is 1. The molecule has 3 N–H and O–H groups in total. The Morgan fingerprint density at radius 1 is 0.914 bits per heavy atom. The summed E-state index contributed by atoms with van der Waals surface area (Å²) in [6.07, 6.45) is 5.04. The van der Waals surface area contributed by atoms with Gasteiger partial charge >= 0.3 is 6.03 Å². The Balaban J connectivity index is 1.56. The molecule has 0 fully saturated rings. The van der Waals surface area contributed by atoms with Gasteiger partial charge in [0.05, 0.1) is 23.3 Å². The SMILES string of the molecule is CN(C)C(=O)Nc1cncc(-c2cnc3n[nH]c(-c4cc5c(C(=O)N(C)C)cccc5[nH]4)c3c2)c1. The largest absolute Gasteiger partial charge is 0.353 e. The van der Waals surface area contributed by atoms with Crippen LogP contribution < -0.4 is 5.32 Å². The second-order valence-corrected chi connectivity index (χ2v) is 8.63. The van der Waals surface area contributed by atoms with Gasteiger partial charge in [0.15, 0.2) is 5.65 Å². The minimum Gasteiger partial charge on any atom is -0.353 e. The Labute approximate surface area is 201 Å². The van der Waals surface area contributed by atoms with Crippen LogP contribution in [0.3, 0.4) is 0 Å². The fourth-order valence-corrected chi connectivity index (χ4v) is 3.88. The molecule has 0 spiro atoms. The molecule has 4 aromatic heterocycles. The monoisotopic (exact) mass is 468 g/mol. The van der Waals surface area contributed by atoms with Gasteiger partial charge < -0.3 is 20.1 Å². The lowest BCUT2D eigenvalue weighted by Crippen LogP contribution is -2.27. The van der Waals surface area contributed by atoms with E-state index in [0.29, 0.717) is 16.9 Å². The maximum atomic E-state index is 12.6. The summed E-state index contributed by atoms with van der Waals surface area (Å²) >= 11 is 0. The number of carbonyl (C=O) groups is 2. The molecule has 0 radical (unpaired) electrons. The van der Waals surface area contributed by atoms with Crippen molar-refractivity contribution in [2.24, 2.45) is 0 Å². The molecule has 5 rings (SSSR count). The number of hydrogen-bond acceptors (Lipinski definition) is 5. The molecule has 0 atom stereocenters. The Hall–Kier alpha value is -4.73. The number of nitrogens with one attached hydrogen (secondary N) is 3. The molecule has 35 heavy (non-hydrogen) atoms. The predicted octanol–water partition coefficient (Wildman–Crippen LogP) is 3.96. The van der Waals surface area contributed by atoms with Gasteiger partial charge in [-0.2, -0.15) is 5.10 Å². The maximum Gasteiger partial charge on any atom is 0.321 e. The van der Waals surface area contributed by atoms with Crippen LogP contribution in [0.2, 0.25) is 0 Å². The van der Waals surface area contributed by atoms with Crippen molar-refractivity contribution in [1.82, 2.24) is 34.9 Å². The summed E-state index contributed by atoms with van der Waals surface area (Å²) in [5.41, 5.74) is 5.82.